The lowest BCUT2D eigenvalue weighted by Crippen LogP contribution is -2.61. The van der Waals surface area contributed by atoms with E-state index in [0.717, 1.165) is 56.1 Å². The lowest BCUT2D eigenvalue weighted by Gasteiger charge is -2.41. The Balaban J connectivity index is 1.28. The number of likely N-dealkylation sites (N-methyl/N-ethyl adjacent to an activating group) is 2. The topological polar surface area (TPSA) is 43.2 Å². The molecule has 196 valence electrons. The zero-order chi connectivity index (χ0) is 26.4. The van der Waals surface area contributed by atoms with Gasteiger partial charge in [0.05, 0.1) is 6.67 Å². The van der Waals surface area contributed by atoms with E-state index in [4.69, 9.17) is 9.98 Å². The third-order valence-electron chi connectivity index (χ3n) is 7.64. The average Bonchev–Trinajstić information content (AvgIpc) is 3.27. The van der Waals surface area contributed by atoms with Crippen molar-refractivity contribution in [2.45, 2.75) is 44.3 Å². The summed E-state index contributed by atoms with van der Waals surface area (Å²) < 4.78 is 0. The van der Waals surface area contributed by atoms with Crippen LogP contribution in [0.25, 0.3) is 5.57 Å². The number of rotatable bonds is 10. The van der Waals surface area contributed by atoms with Gasteiger partial charge in [-0.05, 0) is 56.0 Å². The standard InChI is InChI=1S/C33H39N5/c1-4-33(30-32(38(3)25-37(30)2)35-31(36-33)28-21-13-7-14-22-28)34-24-16-8-15-23-29(26-17-9-5-10-18-26)27-19-11-6-12-20-27/h5-7,9-14,17-23,30,34H,4,8,15-16,24-25H2,1-3H3. The summed E-state index contributed by atoms with van der Waals surface area (Å²) in [5.41, 5.74) is 4.53. The average molecular weight is 506 g/mol. The monoisotopic (exact) mass is 505 g/mol. The lowest BCUT2D eigenvalue weighted by molar-refractivity contribution is 0.175. The number of allylic oxidation sites excluding steroid dienone is 1. The first-order chi connectivity index (χ1) is 18.6. The third-order valence-corrected chi connectivity index (χ3v) is 7.64. The van der Waals surface area contributed by atoms with Crippen molar-refractivity contribution in [3.63, 3.8) is 0 Å². The Kier molecular flexibility index (Phi) is 8.16. The van der Waals surface area contributed by atoms with Crippen molar-refractivity contribution in [3.05, 3.63) is 114 Å². The van der Waals surface area contributed by atoms with Gasteiger partial charge >= 0.3 is 0 Å². The molecule has 2 aliphatic rings. The molecule has 0 spiro atoms. The minimum absolute atomic E-state index is 0.132. The zero-order valence-electron chi connectivity index (χ0n) is 22.8. The molecule has 1 N–H and O–H groups in total. The molecule has 0 amide bonds. The van der Waals surface area contributed by atoms with Gasteiger partial charge in [-0.1, -0.05) is 104 Å². The fourth-order valence-corrected chi connectivity index (χ4v) is 5.71. The predicted octanol–water partition coefficient (Wildman–Crippen LogP) is 6.05. The molecule has 1 saturated heterocycles. The van der Waals surface area contributed by atoms with Crippen LogP contribution in [0, 0.1) is 0 Å². The normalized spacial score (nSPS) is 21.0. The Labute approximate surface area is 227 Å². The summed E-state index contributed by atoms with van der Waals surface area (Å²) in [4.78, 5) is 14.9. The molecule has 5 heteroatoms. The van der Waals surface area contributed by atoms with Gasteiger partial charge in [0.1, 0.15) is 17.5 Å². The number of unbranched alkanes of at least 4 members (excludes halogenated alkanes) is 2. The number of hydrogen-bond donors (Lipinski definition) is 1. The Bertz CT molecular complexity index is 1240. The molecular weight excluding hydrogens is 466 g/mol. The van der Waals surface area contributed by atoms with Gasteiger partial charge in [-0.2, -0.15) is 0 Å². The van der Waals surface area contributed by atoms with Crippen molar-refractivity contribution in [3.8, 4) is 0 Å². The molecule has 0 bridgehead atoms. The first-order valence-electron chi connectivity index (χ1n) is 13.8. The fourth-order valence-electron chi connectivity index (χ4n) is 5.71. The molecule has 3 aromatic rings. The highest BCUT2D eigenvalue weighted by atomic mass is 15.5. The van der Waals surface area contributed by atoms with Gasteiger partial charge < -0.3 is 4.90 Å². The smallest absolute Gasteiger partial charge is 0.158 e. The maximum Gasteiger partial charge on any atom is 0.158 e. The highest BCUT2D eigenvalue weighted by molar-refractivity contribution is 6.10. The SMILES string of the molecule is CCC1(NCCCCC=C(c2ccccc2)c2ccccc2)N=C(c2ccccc2)N=C2C1N(C)CN2C. The van der Waals surface area contributed by atoms with E-state index < -0.39 is 5.66 Å². The Hall–Kier alpha value is -3.54. The molecule has 5 nitrogen and oxygen atoms in total. The molecule has 2 aliphatic heterocycles. The van der Waals surface area contributed by atoms with Crippen molar-refractivity contribution in [2.24, 2.45) is 9.98 Å². The van der Waals surface area contributed by atoms with Gasteiger partial charge in [-0.25, -0.2) is 9.98 Å². The largest absolute Gasteiger partial charge is 0.349 e. The molecule has 38 heavy (non-hydrogen) atoms. The summed E-state index contributed by atoms with van der Waals surface area (Å²) in [6, 6.07) is 31.9. The summed E-state index contributed by atoms with van der Waals surface area (Å²) in [6.45, 7) is 4.01. The number of hydrogen-bond acceptors (Lipinski definition) is 5. The molecular formula is C33H39N5. The highest BCUT2D eigenvalue weighted by Gasteiger charge is 2.50. The molecule has 1 fully saturated rings. The van der Waals surface area contributed by atoms with Gasteiger partial charge in [0, 0.05) is 12.6 Å². The fraction of sp³-hybridized carbons (Fsp3) is 0.333. The van der Waals surface area contributed by atoms with E-state index in [1.54, 1.807) is 0 Å². The minimum atomic E-state index is -0.392. The maximum atomic E-state index is 5.29. The van der Waals surface area contributed by atoms with E-state index in [1.807, 2.05) is 6.07 Å². The van der Waals surface area contributed by atoms with Crippen LogP contribution in [0.2, 0.25) is 0 Å². The third kappa shape index (κ3) is 5.50. The summed E-state index contributed by atoms with van der Waals surface area (Å²) in [6.07, 6.45) is 6.54. The van der Waals surface area contributed by atoms with Crippen LogP contribution < -0.4 is 5.32 Å². The molecule has 0 saturated carbocycles. The van der Waals surface area contributed by atoms with Crippen molar-refractivity contribution < 1.29 is 0 Å². The van der Waals surface area contributed by atoms with Crippen LogP contribution in [0.3, 0.4) is 0 Å². The molecule has 5 rings (SSSR count). The van der Waals surface area contributed by atoms with Crippen molar-refractivity contribution in [1.29, 1.82) is 0 Å². The lowest BCUT2D eigenvalue weighted by atomic mass is 9.93. The summed E-state index contributed by atoms with van der Waals surface area (Å²) in [5.74, 6) is 1.93. The summed E-state index contributed by atoms with van der Waals surface area (Å²) in [7, 11) is 4.31. The highest BCUT2D eigenvalue weighted by Crippen LogP contribution is 2.32. The summed E-state index contributed by atoms with van der Waals surface area (Å²) >= 11 is 0. The molecule has 0 radical (unpaired) electrons. The number of nitrogens with zero attached hydrogens (tertiary/aromatic N) is 4. The van der Waals surface area contributed by atoms with Gasteiger partial charge in [0.15, 0.2) is 5.84 Å². The first-order valence-corrected chi connectivity index (χ1v) is 13.8. The van der Waals surface area contributed by atoms with E-state index >= 15 is 0 Å². The van der Waals surface area contributed by atoms with Crippen molar-refractivity contribution in [1.82, 2.24) is 15.1 Å². The second kappa shape index (κ2) is 11.9. The first kappa shape index (κ1) is 26.1. The molecule has 0 aliphatic carbocycles. The van der Waals surface area contributed by atoms with Crippen LogP contribution in [-0.2, 0) is 0 Å². The Morgan fingerprint density at radius 1 is 0.895 bits per heavy atom. The molecule has 2 atom stereocenters. The van der Waals surface area contributed by atoms with Crippen LogP contribution in [-0.4, -0.2) is 60.5 Å². The van der Waals surface area contributed by atoms with E-state index in [2.05, 4.69) is 127 Å². The second-order valence-electron chi connectivity index (χ2n) is 10.3. The van der Waals surface area contributed by atoms with Gasteiger partial charge in [0.25, 0.3) is 0 Å². The van der Waals surface area contributed by atoms with Crippen LogP contribution in [0.5, 0.6) is 0 Å². The van der Waals surface area contributed by atoms with Crippen molar-refractivity contribution >= 4 is 17.2 Å². The molecule has 3 aromatic carbocycles. The van der Waals surface area contributed by atoms with Crippen LogP contribution in [0.15, 0.2) is 107 Å². The van der Waals surface area contributed by atoms with Crippen LogP contribution in [0.1, 0.15) is 49.3 Å². The van der Waals surface area contributed by atoms with Gasteiger partial charge in [-0.15, -0.1) is 0 Å². The minimum Gasteiger partial charge on any atom is -0.349 e. The van der Waals surface area contributed by atoms with Gasteiger partial charge in [0.2, 0.25) is 0 Å². The van der Waals surface area contributed by atoms with Crippen LogP contribution >= 0.6 is 0 Å². The Morgan fingerprint density at radius 2 is 1.50 bits per heavy atom. The number of nitrogens with one attached hydrogen (secondary N) is 1. The van der Waals surface area contributed by atoms with E-state index in [0.29, 0.717) is 0 Å². The summed E-state index contributed by atoms with van der Waals surface area (Å²) in [5, 5.41) is 3.90. The predicted molar refractivity (Wildman–Crippen MR) is 159 cm³/mol. The van der Waals surface area contributed by atoms with Crippen LogP contribution in [0.4, 0.5) is 0 Å². The molecule has 0 aromatic heterocycles. The van der Waals surface area contributed by atoms with E-state index in [1.165, 1.54) is 16.7 Å². The van der Waals surface area contributed by atoms with Crippen molar-refractivity contribution in [2.75, 3.05) is 27.3 Å². The van der Waals surface area contributed by atoms with E-state index in [-0.39, 0.29) is 6.04 Å². The Morgan fingerprint density at radius 3 is 2.11 bits per heavy atom. The second-order valence-corrected chi connectivity index (χ2v) is 10.3. The number of amidine groups is 2. The zero-order valence-corrected chi connectivity index (χ0v) is 22.8. The number of fused-ring (bicyclic) bond motifs is 1. The van der Waals surface area contributed by atoms with E-state index in [9.17, 15) is 0 Å². The number of benzene rings is 3. The maximum absolute atomic E-state index is 5.29. The molecule has 2 heterocycles. The molecule has 2 unspecified atom stereocenters. The number of aliphatic imine (C=N–C) groups is 2. The quantitative estimate of drug-likeness (QED) is 0.341. The van der Waals surface area contributed by atoms with Gasteiger partial charge in [-0.3, -0.25) is 10.2 Å².